The van der Waals surface area contributed by atoms with E-state index < -0.39 is 0 Å². The van der Waals surface area contributed by atoms with Crippen molar-refractivity contribution in [3.63, 3.8) is 0 Å². The lowest BCUT2D eigenvalue weighted by atomic mass is 10.1. The van der Waals surface area contributed by atoms with Crippen LogP contribution in [-0.4, -0.2) is 41.7 Å². The van der Waals surface area contributed by atoms with Gasteiger partial charge in [-0.2, -0.15) is 0 Å². The molecule has 0 saturated carbocycles. The quantitative estimate of drug-likeness (QED) is 0.764. The molecule has 0 aliphatic carbocycles. The van der Waals surface area contributed by atoms with Gasteiger partial charge in [-0.05, 0) is 36.7 Å². The van der Waals surface area contributed by atoms with Crippen molar-refractivity contribution in [2.24, 2.45) is 0 Å². The van der Waals surface area contributed by atoms with Crippen LogP contribution in [0.4, 0.5) is 0 Å². The van der Waals surface area contributed by atoms with Crippen molar-refractivity contribution in [1.82, 2.24) is 19.7 Å². The number of ether oxygens (including phenoxy) is 2. The molecule has 138 valence electrons. The summed E-state index contributed by atoms with van der Waals surface area (Å²) in [6.45, 7) is 1.73. The summed E-state index contributed by atoms with van der Waals surface area (Å²) in [5, 5.41) is 3.27. The maximum atomic E-state index is 12.7. The minimum absolute atomic E-state index is 0.150. The van der Waals surface area contributed by atoms with E-state index in [1.54, 1.807) is 38.7 Å². The smallest absolute Gasteiger partial charge is 0.258 e. The van der Waals surface area contributed by atoms with Gasteiger partial charge in [0.1, 0.15) is 0 Å². The van der Waals surface area contributed by atoms with E-state index in [4.69, 9.17) is 9.47 Å². The van der Waals surface area contributed by atoms with E-state index in [1.807, 2.05) is 6.07 Å². The fourth-order valence-electron chi connectivity index (χ4n) is 3.18. The number of hydrogen-bond donors (Lipinski definition) is 1. The normalized spacial score (nSPS) is 14.1. The third kappa shape index (κ3) is 3.29. The molecule has 2 aromatic heterocycles. The summed E-state index contributed by atoms with van der Waals surface area (Å²) in [4.78, 5) is 21.8. The topological polar surface area (TPSA) is 77.8 Å². The molecule has 3 aromatic rings. The molecule has 1 N–H and O–H groups in total. The summed E-state index contributed by atoms with van der Waals surface area (Å²) in [5.41, 5.74) is 3.65. The molecule has 0 amide bonds. The van der Waals surface area contributed by atoms with Crippen LogP contribution >= 0.6 is 0 Å². The summed E-state index contributed by atoms with van der Waals surface area (Å²) in [7, 11) is 3.16. The maximum absolute atomic E-state index is 12.7. The Morgan fingerprint density at radius 2 is 1.96 bits per heavy atom. The third-order valence-electron chi connectivity index (χ3n) is 4.62. The first-order valence-corrected chi connectivity index (χ1v) is 8.71. The second-order valence-corrected chi connectivity index (χ2v) is 6.23. The minimum atomic E-state index is -0.150. The Morgan fingerprint density at radius 1 is 1.11 bits per heavy atom. The first kappa shape index (κ1) is 17.2. The molecule has 1 aliphatic heterocycles. The summed E-state index contributed by atoms with van der Waals surface area (Å²) < 4.78 is 12.1. The second-order valence-electron chi connectivity index (χ2n) is 6.23. The highest BCUT2D eigenvalue weighted by Gasteiger charge is 2.12. The highest BCUT2D eigenvalue weighted by molar-refractivity contribution is 5.67. The van der Waals surface area contributed by atoms with Crippen molar-refractivity contribution in [3.05, 3.63) is 58.8 Å². The zero-order chi connectivity index (χ0) is 18.8. The average Bonchev–Trinajstić information content (AvgIpc) is 2.73. The number of nitrogens with zero attached hydrogens (tertiary/aromatic N) is 3. The highest BCUT2D eigenvalue weighted by Crippen LogP contribution is 2.31. The molecule has 3 heterocycles. The van der Waals surface area contributed by atoms with E-state index in [0.29, 0.717) is 22.8 Å². The van der Waals surface area contributed by atoms with Crippen LogP contribution in [0.2, 0.25) is 0 Å². The van der Waals surface area contributed by atoms with Gasteiger partial charge in [0.25, 0.3) is 5.56 Å². The van der Waals surface area contributed by atoms with Gasteiger partial charge in [-0.15, -0.1) is 0 Å². The van der Waals surface area contributed by atoms with Crippen LogP contribution in [0.3, 0.4) is 0 Å². The van der Waals surface area contributed by atoms with Gasteiger partial charge in [0, 0.05) is 24.4 Å². The predicted molar refractivity (Wildman–Crippen MR) is 103 cm³/mol. The number of fused-ring (bicyclic) bond motifs is 1. The molecule has 1 aliphatic rings. The molecule has 0 bridgehead atoms. The first-order valence-electron chi connectivity index (χ1n) is 8.71. The van der Waals surface area contributed by atoms with Crippen LogP contribution < -0.4 is 20.3 Å². The highest BCUT2D eigenvalue weighted by atomic mass is 16.5. The number of benzene rings is 1. The molecule has 0 spiro atoms. The number of hydrogen-bond acceptors (Lipinski definition) is 6. The first-order chi connectivity index (χ1) is 13.2. The molecule has 0 radical (unpaired) electrons. The molecular weight excluding hydrogens is 344 g/mol. The average molecular weight is 364 g/mol. The fraction of sp³-hybridized carbons (Fsp3) is 0.250. The van der Waals surface area contributed by atoms with Gasteiger partial charge in [-0.3, -0.25) is 14.2 Å². The third-order valence-corrected chi connectivity index (χ3v) is 4.62. The van der Waals surface area contributed by atoms with Crippen LogP contribution in [0.5, 0.6) is 11.5 Å². The Morgan fingerprint density at radius 3 is 2.70 bits per heavy atom. The molecular formula is C20H20N4O3. The maximum Gasteiger partial charge on any atom is 0.258 e. The summed E-state index contributed by atoms with van der Waals surface area (Å²) >= 11 is 0. The molecule has 4 rings (SSSR count). The molecule has 0 saturated heterocycles. The van der Waals surface area contributed by atoms with E-state index >= 15 is 0 Å². The monoisotopic (exact) mass is 364 g/mol. The lowest BCUT2D eigenvalue weighted by Crippen LogP contribution is -2.21. The Labute approximate surface area is 156 Å². The van der Waals surface area contributed by atoms with Crippen molar-refractivity contribution in [3.8, 4) is 22.8 Å². The van der Waals surface area contributed by atoms with Crippen LogP contribution in [0.25, 0.3) is 22.5 Å². The van der Waals surface area contributed by atoms with Gasteiger partial charge in [0.05, 0.1) is 31.8 Å². The van der Waals surface area contributed by atoms with Gasteiger partial charge in [0.2, 0.25) is 0 Å². The number of methoxy groups -OCH3 is 2. The molecule has 0 unspecified atom stereocenters. The van der Waals surface area contributed by atoms with Gasteiger partial charge in [-0.1, -0.05) is 6.08 Å². The van der Waals surface area contributed by atoms with E-state index in [1.165, 1.54) is 10.5 Å². The SMILES string of the molecule is COc1ccc(-c2cc(=O)n3cc(C4=CCNCC4)ncc3n2)cc1OC. The van der Waals surface area contributed by atoms with E-state index in [2.05, 4.69) is 21.4 Å². The number of rotatable bonds is 4. The molecule has 0 fully saturated rings. The van der Waals surface area contributed by atoms with Crippen molar-refractivity contribution < 1.29 is 9.47 Å². The number of aromatic nitrogens is 3. The summed E-state index contributed by atoms with van der Waals surface area (Å²) in [5.74, 6) is 1.21. The Hall–Kier alpha value is -3.19. The Balaban J connectivity index is 1.78. The van der Waals surface area contributed by atoms with Crippen molar-refractivity contribution in [1.29, 1.82) is 0 Å². The second kappa shape index (κ2) is 7.20. The number of nitrogens with one attached hydrogen (secondary N) is 1. The zero-order valence-corrected chi connectivity index (χ0v) is 15.2. The lowest BCUT2D eigenvalue weighted by Gasteiger charge is -2.14. The fourth-order valence-corrected chi connectivity index (χ4v) is 3.18. The molecule has 0 atom stereocenters. The standard InChI is InChI=1S/C20H20N4O3/c1-26-17-4-3-14(9-18(17)27-2)15-10-20(25)24-12-16(22-11-19(24)23-15)13-5-7-21-8-6-13/h3-5,9-12,21H,6-8H2,1-2H3. The van der Waals surface area contributed by atoms with Gasteiger partial charge < -0.3 is 14.8 Å². The van der Waals surface area contributed by atoms with Gasteiger partial charge >= 0.3 is 0 Å². The van der Waals surface area contributed by atoms with Crippen molar-refractivity contribution >= 4 is 11.2 Å². The molecule has 1 aromatic carbocycles. The summed E-state index contributed by atoms with van der Waals surface area (Å²) in [6, 6.07) is 6.97. The molecule has 7 nitrogen and oxygen atoms in total. The van der Waals surface area contributed by atoms with E-state index in [9.17, 15) is 4.79 Å². The van der Waals surface area contributed by atoms with Crippen LogP contribution in [0, 0.1) is 0 Å². The largest absolute Gasteiger partial charge is 0.493 e. The molecule has 27 heavy (non-hydrogen) atoms. The van der Waals surface area contributed by atoms with Crippen molar-refractivity contribution in [2.75, 3.05) is 27.3 Å². The predicted octanol–water partition coefficient (Wildman–Crippen LogP) is 2.15. The Kier molecular flexibility index (Phi) is 4.60. The van der Waals surface area contributed by atoms with Gasteiger partial charge in [-0.25, -0.2) is 4.98 Å². The van der Waals surface area contributed by atoms with Crippen LogP contribution in [0.1, 0.15) is 12.1 Å². The van der Waals surface area contributed by atoms with Crippen LogP contribution in [0.15, 0.2) is 47.5 Å². The lowest BCUT2D eigenvalue weighted by molar-refractivity contribution is 0.355. The minimum Gasteiger partial charge on any atom is -0.493 e. The van der Waals surface area contributed by atoms with E-state index in [0.717, 1.165) is 36.3 Å². The van der Waals surface area contributed by atoms with Gasteiger partial charge in [0.15, 0.2) is 17.1 Å². The van der Waals surface area contributed by atoms with Crippen molar-refractivity contribution in [2.45, 2.75) is 6.42 Å². The molecule has 7 heteroatoms. The van der Waals surface area contributed by atoms with Crippen LogP contribution in [-0.2, 0) is 0 Å². The summed E-state index contributed by atoms with van der Waals surface area (Å²) in [6.07, 6.45) is 6.41. The Bertz CT molecular complexity index is 1090. The van der Waals surface area contributed by atoms with E-state index in [-0.39, 0.29) is 5.56 Å². The zero-order valence-electron chi connectivity index (χ0n) is 15.2.